The third-order valence-electron chi connectivity index (χ3n) is 5.58. The fourth-order valence-electron chi connectivity index (χ4n) is 3.92. The zero-order valence-electron chi connectivity index (χ0n) is 14.9. The maximum atomic E-state index is 13.7. The summed E-state index contributed by atoms with van der Waals surface area (Å²) in [6.45, 7) is 5.48. The molecular weight excluding hydrogens is 338 g/mol. The third-order valence-corrected chi connectivity index (χ3v) is 5.58. The lowest BCUT2D eigenvalue weighted by Gasteiger charge is -2.38. The van der Waals surface area contributed by atoms with E-state index in [1.165, 1.54) is 6.07 Å². The molecule has 0 bridgehead atoms. The fraction of sp³-hybridized carbons (Fsp3) is 0.474. The summed E-state index contributed by atoms with van der Waals surface area (Å²) in [5.74, 6) is -1.88. The maximum Gasteiger partial charge on any atom is 0.275 e. The SMILES string of the molecule is CC1NCCN(C(=O)c2nn(-c3ccc(F)c(F)c3)c3c2CCC3)C1C. The van der Waals surface area contributed by atoms with Crippen LogP contribution in [0.4, 0.5) is 8.78 Å². The predicted molar refractivity (Wildman–Crippen MR) is 93.5 cm³/mol. The number of hydrogen-bond acceptors (Lipinski definition) is 3. The van der Waals surface area contributed by atoms with E-state index in [4.69, 9.17) is 0 Å². The van der Waals surface area contributed by atoms with Crippen molar-refractivity contribution in [3.05, 3.63) is 46.8 Å². The fourth-order valence-corrected chi connectivity index (χ4v) is 3.92. The Morgan fingerprint density at radius 2 is 2.04 bits per heavy atom. The van der Waals surface area contributed by atoms with Crippen LogP contribution in [0.5, 0.6) is 0 Å². The van der Waals surface area contributed by atoms with E-state index < -0.39 is 11.6 Å². The van der Waals surface area contributed by atoms with Gasteiger partial charge in [0.05, 0.1) is 5.69 Å². The second-order valence-corrected chi connectivity index (χ2v) is 7.12. The Morgan fingerprint density at radius 1 is 1.23 bits per heavy atom. The van der Waals surface area contributed by atoms with Crippen molar-refractivity contribution in [2.75, 3.05) is 13.1 Å². The number of halogens is 2. The van der Waals surface area contributed by atoms with Crippen LogP contribution in [-0.2, 0) is 12.8 Å². The summed E-state index contributed by atoms with van der Waals surface area (Å²) in [5, 5.41) is 7.89. The standard InChI is InChI=1S/C19H22F2N4O/c1-11-12(2)24(9-8-22-11)19(26)18-14-4-3-5-17(14)25(23-18)13-6-7-15(20)16(21)10-13/h6-7,10-12,22H,3-5,8-9H2,1-2H3. The van der Waals surface area contributed by atoms with Crippen LogP contribution in [0.15, 0.2) is 18.2 Å². The van der Waals surface area contributed by atoms with Crippen molar-refractivity contribution < 1.29 is 13.6 Å². The zero-order chi connectivity index (χ0) is 18.4. The smallest absolute Gasteiger partial charge is 0.275 e. The number of fused-ring (bicyclic) bond motifs is 1. The second-order valence-electron chi connectivity index (χ2n) is 7.12. The van der Waals surface area contributed by atoms with Gasteiger partial charge in [0.1, 0.15) is 0 Å². The Hall–Kier alpha value is -2.28. The minimum absolute atomic E-state index is 0.0710. The van der Waals surface area contributed by atoms with Gasteiger partial charge in [0.25, 0.3) is 5.91 Å². The monoisotopic (exact) mass is 360 g/mol. The highest BCUT2D eigenvalue weighted by Gasteiger charge is 2.34. The molecule has 2 aromatic rings. The highest BCUT2D eigenvalue weighted by molar-refractivity contribution is 5.94. The molecule has 138 valence electrons. The first-order chi connectivity index (χ1) is 12.5. The van der Waals surface area contributed by atoms with Crippen LogP contribution in [0.1, 0.15) is 42.0 Å². The Labute approximate surface area is 151 Å². The molecular formula is C19H22F2N4O. The van der Waals surface area contributed by atoms with E-state index in [2.05, 4.69) is 17.3 Å². The van der Waals surface area contributed by atoms with Crippen LogP contribution in [0.2, 0.25) is 0 Å². The second kappa shape index (κ2) is 6.46. The molecule has 2 heterocycles. The number of nitrogens with one attached hydrogen (secondary N) is 1. The van der Waals surface area contributed by atoms with Crippen molar-refractivity contribution in [3.8, 4) is 5.69 Å². The Balaban J connectivity index is 1.74. The van der Waals surface area contributed by atoms with E-state index in [1.807, 2.05) is 11.8 Å². The van der Waals surface area contributed by atoms with E-state index in [-0.39, 0.29) is 18.0 Å². The van der Waals surface area contributed by atoms with Crippen LogP contribution in [0.25, 0.3) is 5.69 Å². The summed E-state index contributed by atoms with van der Waals surface area (Å²) >= 11 is 0. The van der Waals surface area contributed by atoms with Crippen molar-refractivity contribution in [2.45, 2.75) is 45.2 Å². The number of rotatable bonds is 2. The van der Waals surface area contributed by atoms with Crippen molar-refractivity contribution in [1.82, 2.24) is 20.0 Å². The molecule has 1 aliphatic heterocycles. The molecule has 1 aromatic heterocycles. The topological polar surface area (TPSA) is 50.2 Å². The van der Waals surface area contributed by atoms with Gasteiger partial charge in [0.15, 0.2) is 17.3 Å². The molecule has 1 saturated heterocycles. The van der Waals surface area contributed by atoms with Gasteiger partial charge in [-0.25, -0.2) is 13.5 Å². The van der Waals surface area contributed by atoms with E-state index in [0.29, 0.717) is 17.9 Å². The van der Waals surface area contributed by atoms with E-state index >= 15 is 0 Å². The van der Waals surface area contributed by atoms with Crippen molar-refractivity contribution in [1.29, 1.82) is 0 Å². The molecule has 7 heteroatoms. The lowest BCUT2D eigenvalue weighted by molar-refractivity contribution is 0.0595. The molecule has 1 fully saturated rings. The van der Waals surface area contributed by atoms with Crippen molar-refractivity contribution in [2.24, 2.45) is 0 Å². The first-order valence-electron chi connectivity index (χ1n) is 9.08. The minimum Gasteiger partial charge on any atom is -0.332 e. The van der Waals surface area contributed by atoms with Gasteiger partial charge in [-0.1, -0.05) is 0 Å². The van der Waals surface area contributed by atoms with Gasteiger partial charge in [-0.05, 0) is 45.2 Å². The average Bonchev–Trinajstić information content (AvgIpc) is 3.22. The number of benzene rings is 1. The summed E-state index contributed by atoms with van der Waals surface area (Å²) in [7, 11) is 0. The third kappa shape index (κ3) is 2.70. The summed E-state index contributed by atoms with van der Waals surface area (Å²) in [5.41, 5.74) is 2.76. The van der Waals surface area contributed by atoms with Gasteiger partial charge in [-0.2, -0.15) is 5.10 Å². The van der Waals surface area contributed by atoms with Crippen LogP contribution in [0.3, 0.4) is 0 Å². The number of hydrogen-bond donors (Lipinski definition) is 1. The highest BCUT2D eigenvalue weighted by atomic mass is 19.2. The summed E-state index contributed by atoms with van der Waals surface area (Å²) < 4.78 is 28.5. The van der Waals surface area contributed by atoms with Gasteiger partial charge < -0.3 is 10.2 Å². The number of nitrogens with zero attached hydrogens (tertiary/aromatic N) is 3. The Kier molecular flexibility index (Phi) is 4.26. The largest absolute Gasteiger partial charge is 0.332 e. The van der Waals surface area contributed by atoms with Gasteiger partial charge >= 0.3 is 0 Å². The molecule has 0 spiro atoms. The summed E-state index contributed by atoms with van der Waals surface area (Å²) in [6, 6.07) is 4.00. The summed E-state index contributed by atoms with van der Waals surface area (Å²) in [6.07, 6.45) is 2.50. The quantitative estimate of drug-likeness (QED) is 0.895. The van der Waals surface area contributed by atoms with Gasteiger partial charge in [0, 0.05) is 42.5 Å². The highest BCUT2D eigenvalue weighted by Crippen LogP contribution is 2.29. The molecule has 2 aliphatic rings. The molecule has 4 rings (SSSR count). The van der Waals surface area contributed by atoms with Crippen molar-refractivity contribution in [3.63, 3.8) is 0 Å². The first-order valence-corrected chi connectivity index (χ1v) is 9.08. The molecule has 1 amide bonds. The van der Waals surface area contributed by atoms with Crippen LogP contribution < -0.4 is 5.32 Å². The lowest BCUT2D eigenvalue weighted by atomic mass is 10.1. The molecule has 26 heavy (non-hydrogen) atoms. The van der Waals surface area contributed by atoms with Crippen LogP contribution in [0, 0.1) is 11.6 Å². The van der Waals surface area contributed by atoms with Gasteiger partial charge in [-0.3, -0.25) is 4.79 Å². The maximum absolute atomic E-state index is 13.7. The molecule has 1 aromatic carbocycles. The van der Waals surface area contributed by atoms with Crippen LogP contribution >= 0.6 is 0 Å². The number of carbonyl (C=O) groups is 1. The molecule has 1 N–H and O–H groups in total. The van der Waals surface area contributed by atoms with Crippen LogP contribution in [-0.4, -0.2) is 45.8 Å². The molecule has 0 saturated carbocycles. The van der Waals surface area contributed by atoms with E-state index in [1.54, 1.807) is 4.68 Å². The average molecular weight is 360 g/mol. The normalized spacial score (nSPS) is 22.5. The number of piperazine rings is 1. The van der Waals surface area contributed by atoms with Gasteiger partial charge in [0.2, 0.25) is 0 Å². The lowest BCUT2D eigenvalue weighted by Crippen LogP contribution is -2.57. The Bertz CT molecular complexity index is 863. The zero-order valence-corrected chi connectivity index (χ0v) is 14.9. The minimum atomic E-state index is -0.915. The molecule has 2 unspecified atom stereocenters. The van der Waals surface area contributed by atoms with E-state index in [0.717, 1.165) is 49.2 Å². The van der Waals surface area contributed by atoms with E-state index in [9.17, 15) is 13.6 Å². The predicted octanol–water partition coefficient (Wildman–Crippen LogP) is 2.46. The number of amides is 1. The molecule has 5 nitrogen and oxygen atoms in total. The number of carbonyl (C=O) groups excluding carboxylic acids is 1. The molecule has 1 aliphatic carbocycles. The van der Waals surface area contributed by atoms with Gasteiger partial charge in [-0.15, -0.1) is 0 Å². The molecule has 2 atom stereocenters. The molecule has 0 radical (unpaired) electrons. The van der Waals surface area contributed by atoms with Crippen molar-refractivity contribution >= 4 is 5.91 Å². The Morgan fingerprint density at radius 3 is 2.81 bits per heavy atom. The number of aromatic nitrogens is 2. The summed E-state index contributed by atoms with van der Waals surface area (Å²) in [4.78, 5) is 15.0. The first kappa shape index (κ1) is 17.1.